The van der Waals surface area contributed by atoms with E-state index in [0.717, 1.165) is 12.1 Å². The van der Waals surface area contributed by atoms with E-state index >= 15 is 0 Å². The van der Waals surface area contributed by atoms with Gasteiger partial charge in [-0.2, -0.15) is 0 Å². The molecule has 0 radical (unpaired) electrons. The van der Waals surface area contributed by atoms with Crippen LogP contribution in [-0.2, 0) is 13.2 Å². The molecule has 0 spiro atoms. The van der Waals surface area contributed by atoms with Gasteiger partial charge in [-0.25, -0.2) is 0 Å². The number of aromatic nitrogens is 1. The SMILES string of the molecule is COc1ccc(CNC(C)C)cc1OCc1ccno1. The van der Waals surface area contributed by atoms with Crippen LogP contribution in [0.2, 0.25) is 0 Å². The van der Waals surface area contributed by atoms with E-state index in [1.807, 2.05) is 18.2 Å². The van der Waals surface area contributed by atoms with E-state index in [2.05, 4.69) is 24.3 Å². The van der Waals surface area contributed by atoms with Crippen LogP contribution in [-0.4, -0.2) is 18.3 Å². The minimum absolute atomic E-state index is 0.331. The molecule has 0 bridgehead atoms. The summed E-state index contributed by atoms with van der Waals surface area (Å²) in [5.74, 6) is 2.09. The van der Waals surface area contributed by atoms with Crippen molar-refractivity contribution >= 4 is 0 Å². The van der Waals surface area contributed by atoms with Crippen LogP contribution in [0, 0.1) is 0 Å². The van der Waals surface area contributed by atoms with Crippen molar-refractivity contribution in [2.75, 3.05) is 7.11 Å². The van der Waals surface area contributed by atoms with Gasteiger partial charge < -0.3 is 19.3 Å². The number of methoxy groups -OCH3 is 1. The van der Waals surface area contributed by atoms with Gasteiger partial charge in [0.25, 0.3) is 0 Å². The molecular weight excluding hydrogens is 256 g/mol. The third-order valence-electron chi connectivity index (χ3n) is 2.80. The Morgan fingerprint density at radius 1 is 1.25 bits per heavy atom. The van der Waals surface area contributed by atoms with Crippen molar-refractivity contribution in [2.45, 2.75) is 33.0 Å². The molecule has 5 heteroatoms. The van der Waals surface area contributed by atoms with Gasteiger partial charge in [-0.05, 0) is 17.7 Å². The molecule has 0 aliphatic rings. The maximum Gasteiger partial charge on any atom is 0.174 e. The van der Waals surface area contributed by atoms with Gasteiger partial charge >= 0.3 is 0 Å². The Balaban J connectivity index is 2.05. The van der Waals surface area contributed by atoms with E-state index in [0.29, 0.717) is 29.9 Å². The zero-order chi connectivity index (χ0) is 14.4. The second-order valence-corrected chi connectivity index (χ2v) is 4.79. The van der Waals surface area contributed by atoms with Gasteiger partial charge in [0.2, 0.25) is 0 Å². The molecule has 1 heterocycles. The first-order valence-electron chi connectivity index (χ1n) is 6.61. The van der Waals surface area contributed by atoms with Crippen molar-refractivity contribution < 1.29 is 14.0 Å². The second-order valence-electron chi connectivity index (χ2n) is 4.79. The first-order valence-corrected chi connectivity index (χ1v) is 6.61. The Bertz CT molecular complexity index is 524. The fraction of sp³-hybridized carbons (Fsp3) is 0.400. The quantitative estimate of drug-likeness (QED) is 0.842. The molecule has 20 heavy (non-hydrogen) atoms. The van der Waals surface area contributed by atoms with Crippen LogP contribution in [0.5, 0.6) is 11.5 Å². The molecule has 0 saturated carbocycles. The molecule has 0 fully saturated rings. The Labute approximate surface area is 118 Å². The van der Waals surface area contributed by atoms with Gasteiger partial charge in [-0.3, -0.25) is 0 Å². The van der Waals surface area contributed by atoms with Gasteiger partial charge in [-0.15, -0.1) is 0 Å². The molecule has 2 rings (SSSR count). The lowest BCUT2D eigenvalue weighted by atomic mass is 10.2. The first kappa shape index (κ1) is 14.4. The Morgan fingerprint density at radius 2 is 2.10 bits per heavy atom. The van der Waals surface area contributed by atoms with Gasteiger partial charge in [0.1, 0.15) is 6.61 Å². The van der Waals surface area contributed by atoms with E-state index in [4.69, 9.17) is 14.0 Å². The molecular formula is C15H20N2O3. The van der Waals surface area contributed by atoms with Crippen LogP contribution in [0.3, 0.4) is 0 Å². The lowest BCUT2D eigenvalue weighted by Crippen LogP contribution is -2.21. The topological polar surface area (TPSA) is 56.5 Å². The van der Waals surface area contributed by atoms with Crippen molar-refractivity contribution in [1.82, 2.24) is 10.5 Å². The summed E-state index contributed by atoms with van der Waals surface area (Å²) in [5, 5.41) is 7.02. The highest BCUT2D eigenvalue weighted by atomic mass is 16.5. The monoisotopic (exact) mass is 276 g/mol. The highest BCUT2D eigenvalue weighted by Gasteiger charge is 2.08. The van der Waals surface area contributed by atoms with Gasteiger partial charge in [0.05, 0.1) is 13.3 Å². The second kappa shape index (κ2) is 6.96. The lowest BCUT2D eigenvalue weighted by molar-refractivity contribution is 0.239. The standard InChI is InChI=1S/C15H20N2O3/c1-11(2)16-9-12-4-5-14(18-3)15(8-12)19-10-13-6-7-17-20-13/h4-8,11,16H,9-10H2,1-3H3. The predicted octanol–water partition coefficient (Wildman–Crippen LogP) is 2.76. The summed E-state index contributed by atoms with van der Waals surface area (Å²) in [6.07, 6.45) is 1.60. The molecule has 1 aromatic heterocycles. The molecule has 1 aromatic carbocycles. The minimum atomic E-state index is 0.331. The molecule has 0 aliphatic heterocycles. The van der Waals surface area contributed by atoms with Crippen molar-refractivity contribution in [1.29, 1.82) is 0 Å². The molecule has 0 saturated heterocycles. The van der Waals surface area contributed by atoms with Gasteiger partial charge in [0, 0.05) is 18.7 Å². The number of hydrogen-bond donors (Lipinski definition) is 1. The van der Waals surface area contributed by atoms with E-state index in [1.165, 1.54) is 0 Å². The van der Waals surface area contributed by atoms with Crippen LogP contribution in [0.4, 0.5) is 0 Å². The Morgan fingerprint density at radius 3 is 2.75 bits per heavy atom. The Kier molecular flexibility index (Phi) is 5.01. The van der Waals surface area contributed by atoms with Crippen LogP contribution in [0.15, 0.2) is 35.0 Å². The molecule has 2 aromatic rings. The van der Waals surface area contributed by atoms with E-state index in [1.54, 1.807) is 19.4 Å². The zero-order valence-corrected chi connectivity index (χ0v) is 12.1. The molecule has 5 nitrogen and oxygen atoms in total. The highest BCUT2D eigenvalue weighted by molar-refractivity contribution is 5.43. The molecule has 1 N–H and O–H groups in total. The van der Waals surface area contributed by atoms with Crippen molar-refractivity contribution in [3.63, 3.8) is 0 Å². The summed E-state index contributed by atoms with van der Waals surface area (Å²) in [5.41, 5.74) is 1.15. The largest absolute Gasteiger partial charge is 0.493 e. The maximum absolute atomic E-state index is 5.73. The molecule has 0 unspecified atom stereocenters. The fourth-order valence-electron chi connectivity index (χ4n) is 1.73. The third-order valence-corrected chi connectivity index (χ3v) is 2.80. The summed E-state index contributed by atoms with van der Waals surface area (Å²) in [7, 11) is 1.63. The summed E-state index contributed by atoms with van der Waals surface area (Å²) in [6, 6.07) is 8.12. The normalized spacial score (nSPS) is 10.8. The molecule has 0 atom stereocenters. The minimum Gasteiger partial charge on any atom is -0.493 e. The van der Waals surface area contributed by atoms with Gasteiger partial charge in [0.15, 0.2) is 17.3 Å². The fourth-order valence-corrected chi connectivity index (χ4v) is 1.73. The third kappa shape index (κ3) is 3.99. The average Bonchev–Trinajstić information content (AvgIpc) is 2.96. The number of rotatable bonds is 7. The molecule has 0 aliphatic carbocycles. The number of hydrogen-bond acceptors (Lipinski definition) is 5. The Hall–Kier alpha value is -2.01. The van der Waals surface area contributed by atoms with Crippen molar-refractivity contribution in [3.05, 3.63) is 41.8 Å². The lowest BCUT2D eigenvalue weighted by Gasteiger charge is -2.13. The number of ether oxygens (including phenoxy) is 2. The maximum atomic E-state index is 5.73. The van der Waals surface area contributed by atoms with Crippen molar-refractivity contribution in [3.8, 4) is 11.5 Å². The van der Waals surface area contributed by atoms with Crippen LogP contribution in [0.25, 0.3) is 0 Å². The van der Waals surface area contributed by atoms with Crippen LogP contribution < -0.4 is 14.8 Å². The number of benzene rings is 1. The smallest absolute Gasteiger partial charge is 0.174 e. The summed E-state index contributed by atoms with van der Waals surface area (Å²) in [4.78, 5) is 0. The highest BCUT2D eigenvalue weighted by Crippen LogP contribution is 2.28. The van der Waals surface area contributed by atoms with Crippen LogP contribution >= 0.6 is 0 Å². The summed E-state index contributed by atoms with van der Waals surface area (Å²) >= 11 is 0. The molecule has 0 amide bonds. The molecule has 108 valence electrons. The van der Waals surface area contributed by atoms with Gasteiger partial charge in [-0.1, -0.05) is 25.1 Å². The van der Waals surface area contributed by atoms with E-state index in [9.17, 15) is 0 Å². The van der Waals surface area contributed by atoms with Crippen molar-refractivity contribution in [2.24, 2.45) is 0 Å². The van der Waals surface area contributed by atoms with E-state index in [-0.39, 0.29) is 0 Å². The van der Waals surface area contributed by atoms with Crippen LogP contribution in [0.1, 0.15) is 25.2 Å². The summed E-state index contributed by atoms with van der Waals surface area (Å²) < 4.78 is 16.0. The average molecular weight is 276 g/mol. The number of nitrogens with one attached hydrogen (secondary N) is 1. The zero-order valence-electron chi connectivity index (χ0n) is 12.1. The summed E-state index contributed by atoms with van der Waals surface area (Å²) in [6.45, 7) is 5.35. The first-order chi connectivity index (χ1) is 9.69. The number of nitrogens with zero attached hydrogens (tertiary/aromatic N) is 1. The van der Waals surface area contributed by atoms with E-state index < -0.39 is 0 Å². The predicted molar refractivity (Wildman–Crippen MR) is 75.8 cm³/mol.